The Morgan fingerprint density at radius 2 is 1.76 bits per heavy atom. The first-order chi connectivity index (χ1) is 13.8. The van der Waals surface area contributed by atoms with Gasteiger partial charge in [-0.2, -0.15) is 5.10 Å². The molecule has 0 radical (unpaired) electrons. The van der Waals surface area contributed by atoms with Crippen LogP contribution >= 0.6 is 50.0 Å². The molecule has 0 saturated heterocycles. The number of Topliss-reactive ketones (excluding diaryl/α,β-unsaturated/α-hetero) is 1. The fourth-order valence-corrected chi connectivity index (χ4v) is 6.37. The first kappa shape index (κ1) is 24.2. The van der Waals surface area contributed by atoms with Gasteiger partial charge in [-0.3, -0.25) is 9.32 Å². The third-order valence-electron chi connectivity index (χ3n) is 3.61. The number of benzene rings is 2. The van der Waals surface area contributed by atoms with Crippen LogP contribution in [0.5, 0.6) is 5.75 Å². The Kier molecular flexibility index (Phi) is 9.43. The number of hydrazone groups is 1. The summed E-state index contributed by atoms with van der Waals surface area (Å²) in [6, 6.07) is 11.7. The minimum absolute atomic E-state index is 0.110. The van der Waals surface area contributed by atoms with E-state index in [1.165, 1.54) is 11.4 Å². The summed E-state index contributed by atoms with van der Waals surface area (Å²) in [5.74, 6) is 6.22. The zero-order chi connectivity index (χ0) is 21.4. The Bertz CT molecular complexity index is 938. The minimum Gasteiger partial charge on any atom is -0.417 e. The summed E-state index contributed by atoms with van der Waals surface area (Å²) in [7, 11) is 0. The van der Waals surface area contributed by atoms with Crippen molar-refractivity contribution in [3.63, 3.8) is 0 Å². The van der Waals surface area contributed by atoms with Gasteiger partial charge in [-0.25, -0.2) is 4.57 Å². The third kappa shape index (κ3) is 6.69. The number of hydrogen-bond donors (Lipinski definition) is 1. The van der Waals surface area contributed by atoms with Crippen LogP contribution in [0, 0.1) is 0 Å². The zero-order valence-electron chi connectivity index (χ0n) is 15.9. The fourth-order valence-electron chi connectivity index (χ4n) is 2.29. The fraction of sp³-hybridized carbons (Fsp3) is 0.263. The second-order valence-electron chi connectivity index (χ2n) is 5.75. The molecular formula is C19H21Br2N2O4PS. The number of ketones is 1. The van der Waals surface area contributed by atoms with Crippen LogP contribution in [0.3, 0.4) is 0 Å². The highest BCUT2D eigenvalue weighted by Crippen LogP contribution is 2.60. The van der Waals surface area contributed by atoms with Crippen LogP contribution in [-0.2, 0) is 9.09 Å². The van der Waals surface area contributed by atoms with Gasteiger partial charge in [0, 0.05) is 25.8 Å². The smallest absolute Gasteiger partial charge is 0.417 e. The molecule has 0 aliphatic heterocycles. The van der Waals surface area contributed by atoms with Crippen molar-refractivity contribution in [3.05, 3.63) is 62.5 Å². The Balaban J connectivity index is 2.21. The summed E-state index contributed by atoms with van der Waals surface area (Å²) in [5, 5.41) is 3.68. The maximum Gasteiger partial charge on any atom is 0.440 e. The topological polar surface area (TPSA) is 91.0 Å². The Morgan fingerprint density at radius 3 is 2.31 bits per heavy atom. The highest BCUT2D eigenvalue weighted by Gasteiger charge is 2.26. The van der Waals surface area contributed by atoms with E-state index in [1.54, 1.807) is 49.4 Å². The standard InChI is InChI=1S/C19H21Br2N2O4PS/c1-3-11-29-28(25,26-4-2)27-15-8-5-13(6-9-15)18(23-22)19(24)14-7-10-16(20)17(21)12-14/h5-10,12H,3-4,11,22H2,1-2H3/b23-18+. The van der Waals surface area contributed by atoms with E-state index >= 15 is 0 Å². The zero-order valence-corrected chi connectivity index (χ0v) is 20.8. The quantitative estimate of drug-likeness (QED) is 0.118. The predicted molar refractivity (Wildman–Crippen MR) is 126 cm³/mol. The van der Waals surface area contributed by atoms with Crippen molar-refractivity contribution in [2.45, 2.75) is 20.3 Å². The molecule has 156 valence electrons. The molecule has 0 amide bonds. The van der Waals surface area contributed by atoms with Crippen LogP contribution in [0.2, 0.25) is 0 Å². The molecule has 2 rings (SSSR count). The van der Waals surface area contributed by atoms with Gasteiger partial charge in [-0.1, -0.05) is 6.92 Å². The lowest BCUT2D eigenvalue weighted by atomic mass is 10.0. The Labute approximate surface area is 191 Å². The van der Waals surface area contributed by atoms with E-state index in [2.05, 4.69) is 37.0 Å². The van der Waals surface area contributed by atoms with Crippen LogP contribution in [-0.4, -0.2) is 23.9 Å². The van der Waals surface area contributed by atoms with Gasteiger partial charge in [-0.05, 0) is 99.1 Å². The molecule has 6 nitrogen and oxygen atoms in total. The molecule has 0 bridgehead atoms. The molecular weight excluding hydrogens is 543 g/mol. The predicted octanol–water partition coefficient (Wildman–Crippen LogP) is 6.42. The number of halogens is 2. The van der Waals surface area contributed by atoms with Crippen LogP contribution in [0.25, 0.3) is 0 Å². The van der Waals surface area contributed by atoms with Gasteiger partial charge in [0.2, 0.25) is 5.78 Å². The van der Waals surface area contributed by atoms with Crippen LogP contribution in [0.1, 0.15) is 36.2 Å². The van der Waals surface area contributed by atoms with Gasteiger partial charge in [0.25, 0.3) is 0 Å². The number of carbonyl (C=O) groups is 1. The van der Waals surface area contributed by atoms with Gasteiger partial charge in [0.15, 0.2) is 0 Å². The minimum atomic E-state index is -3.30. The van der Waals surface area contributed by atoms with Crippen molar-refractivity contribution in [3.8, 4) is 5.75 Å². The molecule has 0 heterocycles. The van der Waals surface area contributed by atoms with Gasteiger partial charge >= 0.3 is 6.80 Å². The molecule has 0 aliphatic rings. The summed E-state index contributed by atoms with van der Waals surface area (Å²) in [4.78, 5) is 12.8. The van der Waals surface area contributed by atoms with Gasteiger partial charge in [0.05, 0.1) is 6.61 Å². The van der Waals surface area contributed by atoms with Crippen LogP contribution < -0.4 is 10.4 Å². The lowest BCUT2D eigenvalue weighted by molar-refractivity contribution is 0.106. The largest absolute Gasteiger partial charge is 0.440 e. The molecule has 10 heteroatoms. The van der Waals surface area contributed by atoms with E-state index in [0.717, 1.165) is 15.4 Å². The number of nitrogens with two attached hydrogens (primary N) is 1. The molecule has 0 spiro atoms. The molecule has 2 aromatic carbocycles. The highest BCUT2D eigenvalue weighted by atomic mass is 79.9. The van der Waals surface area contributed by atoms with Gasteiger partial charge in [0.1, 0.15) is 11.5 Å². The summed E-state index contributed by atoms with van der Waals surface area (Å²) in [6.07, 6.45) is 0.856. The molecule has 1 unspecified atom stereocenters. The van der Waals surface area contributed by atoms with E-state index in [4.69, 9.17) is 14.9 Å². The molecule has 0 fully saturated rings. The lowest BCUT2D eigenvalue weighted by Crippen LogP contribution is -2.17. The van der Waals surface area contributed by atoms with Gasteiger partial charge in [-0.15, -0.1) is 0 Å². The van der Waals surface area contributed by atoms with Crippen molar-refractivity contribution >= 4 is 61.5 Å². The second-order valence-corrected chi connectivity index (χ2v) is 11.6. The monoisotopic (exact) mass is 562 g/mol. The van der Waals surface area contributed by atoms with Crippen molar-refractivity contribution < 1.29 is 18.4 Å². The maximum atomic E-state index is 12.8. The van der Waals surface area contributed by atoms with Crippen molar-refractivity contribution in [2.24, 2.45) is 10.9 Å². The summed E-state index contributed by atoms with van der Waals surface area (Å²) in [5.41, 5.74) is 1.08. The maximum absolute atomic E-state index is 12.8. The molecule has 1 atom stereocenters. The molecule has 0 aliphatic carbocycles. The number of hydrogen-bond acceptors (Lipinski definition) is 7. The lowest BCUT2D eigenvalue weighted by Gasteiger charge is -2.17. The van der Waals surface area contributed by atoms with Crippen molar-refractivity contribution in [1.82, 2.24) is 0 Å². The van der Waals surface area contributed by atoms with Crippen LogP contribution in [0.15, 0.2) is 56.5 Å². The SMILES string of the molecule is CCCSP(=O)(OCC)Oc1ccc(/C(=N\N)C(=O)c2ccc(Br)c(Br)c2)cc1. The summed E-state index contributed by atoms with van der Waals surface area (Å²) in [6.45, 7) is 0.748. The van der Waals surface area contributed by atoms with E-state index in [1.807, 2.05) is 6.92 Å². The first-order valence-electron chi connectivity index (χ1n) is 8.80. The average molecular weight is 564 g/mol. The summed E-state index contributed by atoms with van der Waals surface area (Å²) >= 11 is 7.92. The van der Waals surface area contributed by atoms with Crippen LogP contribution in [0.4, 0.5) is 0 Å². The van der Waals surface area contributed by atoms with Crippen molar-refractivity contribution in [2.75, 3.05) is 12.4 Å². The third-order valence-corrected chi connectivity index (χ3v) is 9.44. The molecule has 2 aromatic rings. The van der Waals surface area contributed by atoms with E-state index in [0.29, 0.717) is 22.6 Å². The molecule has 0 saturated carbocycles. The average Bonchev–Trinajstić information content (AvgIpc) is 2.70. The molecule has 29 heavy (non-hydrogen) atoms. The Morgan fingerprint density at radius 1 is 1.10 bits per heavy atom. The Hall–Kier alpha value is -1.12. The number of nitrogens with zero attached hydrogens (tertiary/aromatic N) is 1. The first-order valence-corrected chi connectivity index (χ1v) is 13.5. The van der Waals surface area contributed by atoms with E-state index in [-0.39, 0.29) is 18.1 Å². The molecule has 2 N–H and O–H groups in total. The van der Waals surface area contributed by atoms with E-state index < -0.39 is 6.80 Å². The summed E-state index contributed by atoms with van der Waals surface area (Å²) < 4.78 is 25.3. The molecule has 0 aromatic heterocycles. The van der Waals surface area contributed by atoms with Crippen molar-refractivity contribution in [1.29, 1.82) is 0 Å². The highest BCUT2D eigenvalue weighted by molar-refractivity contribution is 9.13. The second kappa shape index (κ2) is 11.3. The number of carbonyl (C=O) groups excluding carboxylic acids is 1. The normalized spacial score (nSPS) is 13.7. The van der Waals surface area contributed by atoms with Gasteiger partial charge < -0.3 is 10.4 Å². The van der Waals surface area contributed by atoms with E-state index in [9.17, 15) is 9.36 Å². The number of rotatable bonds is 10.